The van der Waals surface area contributed by atoms with Crippen LogP contribution in [0.4, 0.5) is 0 Å². The van der Waals surface area contributed by atoms with Crippen LogP contribution in [0.2, 0.25) is 0 Å². The lowest BCUT2D eigenvalue weighted by Gasteiger charge is -2.23. The number of rotatable bonds is 3. The summed E-state index contributed by atoms with van der Waals surface area (Å²) in [5.41, 5.74) is 1.11. The first kappa shape index (κ1) is 13.6. The van der Waals surface area contributed by atoms with Gasteiger partial charge < -0.3 is 10.1 Å². The Hall–Kier alpha value is -0.870. The number of nitrogens with one attached hydrogen (secondary N) is 1. The molecule has 1 aliphatic heterocycles. The zero-order chi connectivity index (χ0) is 13.0. The number of hydrogen-bond donors (Lipinski definition) is 1. The Kier molecular flexibility index (Phi) is 4.78. The van der Waals surface area contributed by atoms with E-state index in [0.29, 0.717) is 6.61 Å². The summed E-state index contributed by atoms with van der Waals surface area (Å²) in [6, 6.07) is 8.03. The second-order valence-electron chi connectivity index (χ2n) is 4.70. The summed E-state index contributed by atoms with van der Waals surface area (Å²) in [6.07, 6.45) is 1.90. The SMILES string of the molecule is CC(NC(=O)C1CCCOC1)c1cccc(Br)c1. The van der Waals surface area contributed by atoms with Crippen molar-refractivity contribution in [2.45, 2.75) is 25.8 Å². The molecule has 1 aliphatic rings. The highest BCUT2D eigenvalue weighted by molar-refractivity contribution is 9.10. The average molecular weight is 312 g/mol. The van der Waals surface area contributed by atoms with E-state index in [9.17, 15) is 4.79 Å². The van der Waals surface area contributed by atoms with Gasteiger partial charge in [-0.2, -0.15) is 0 Å². The van der Waals surface area contributed by atoms with E-state index in [2.05, 4.69) is 21.2 Å². The molecule has 1 aromatic carbocycles. The fourth-order valence-corrected chi connectivity index (χ4v) is 2.55. The van der Waals surface area contributed by atoms with Crippen LogP contribution in [0.1, 0.15) is 31.4 Å². The molecule has 1 aromatic rings. The van der Waals surface area contributed by atoms with Crippen molar-refractivity contribution in [1.82, 2.24) is 5.32 Å². The summed E-state index contributed by atoms with van der Waals surface area (Å²) in [5, 5.41) is 3.05. The van der Waals surface area contributed by atoms with E-state index >= 15 is 0 Å². The topological polar surface area (TPSA) is 38.3 Å². The number of halogens is 1. The fraction of sp³-hybridized carbons (Fsp3) is 0.500. The highest BCUT2D eigenvalue weighted by Gasteiger charge is 2.23. The zero-order valence-electron chi connectivity index (χ0n) is 10.5. The minimum absolute atomic E-state index is 0.00773. The lowest BCUT2D eigenvalue weighted by molar-refractivity contribution is -0.129. The van der Waals surface area contributed by atoms with Crippen molar-refractivity contribution >= 4 is 21.8 Å². The molecule has 4 heteroatoms. The highest BCUT2D eigenvalue weighted by Crippen LogP contribution is 2.19. The minimum Gasteiger partial charge on any atom is -0.381 e. The largest absolute Gasteiger partial charge is 0.381 e. The second-order valence-corrected chi connectivity index (χ2v) is 5.62. The molecule has 1 saturated heterocycles. The van der Waals surface area contributed by atoms with Gasteiger partial charge in [-0.15, -0.1) is 0 Å². The van der Waals surface area contributed by atoms with E-state index in [-0.39, 0.29) is 17.9 Å². The standard InChI is InChI=1S/C14H18BrNO2/c1-10(11-4-2-6-13(15)8-11)16-14(17)12-5-3-7-18-9-12/h2,4,6,8,10,12H,3,5,7,9H2,1H3,(H,16,17). The molecule has 0 saturated carbocycles. The number of carbonyl (C=O) groups excluding carboxylic acids is 1. The Labute approximate surface area is 116 Å². The quantitative estimate of drug-likeness (QED) is 0.931. The second kappa shape index (κ2) is 6.34. The first-order valence-electron chi connectivity index (χ1n) is 6.30. The predicted molar refractivity (Wildman–Crippen MR) is 74.2 cm³/mol. The molecule has 1 heterocycles. The Balaban J connectivity index is 1.94. The Morgan fingerprint density at radius 1 is 1.56 bits per heavy atom. The summed E-state index contributed by atoms with van der Waals surface area (Å²) in [7, 11) is 0. The first-order valence-corrected chi connectivity index (χ1v) is 7.09. The maximum Gasteiger partial charge on any atom is 0.225 e. The van der Waals surface area contributed by atoms with Crippen LogP contribution in [0.15, 0.2) is 28.7 Å². The highest BCUT2D eigenvalue weighted by atomic mass is 79.9. The van der Waals surface area contributed by atoms with E-state index in [1.165, 1.54) is 0 Å². The van der Waals surface area contributed by atoms with Crippen molar-refractivity contribution in [3.63, 3.8) is 0 Å². The van der Waals surface area contributed by atoms with Gasteiger partial charge in [0.15, 0.2) is 0 Å². The van der Waals surface area contributed by atoms with Gasteiger partial charge in [0.1, 0.15) is 0 Å². The van der Waals surface area contributed by atoms with Gasteiger partial charge >= 0.3 is 0 Å². The normalized spacial score (nSPS) is 21.3. The summed E-state index contributed by atoms with van der Waals surface area (Å²) < 4.78 is 6.37. The molecular weight excluding hydrogens is 294 g/mol. The van der Waals surface area contributed by atoms with Crippen LogP contribution in [0.3, 0.4) is 0 Å². The molecular formula is C14H18BrNO2. The number of carbonyl (C=O) groups is 1. The number of hydrogen-bond acceptors (Lipinski definition) is 2. The van der Waals surface area contributed by atoms with Crippen LogP contribution in [0, 0.1) is 5.92 Å². The van der Waals surface area contributed by atoms with E-state index < -0.39 is 0 Å². The number of ether oxygens (including phenoxy) is 1. The van der Waals surface area contributed by atoms with E-state index in [4.69, 9.17) is 4.74 Å². The van der Waals surface area contributed by atoms with Gasteiger partial charge in [0.05, 0.1) is 18.6 Å². The van der Waals surface area contributed by atoms with E-state index in [1.807, 2.05) is 31.2 Å². The van der Waals surface area contributed by atoms with Crippen molar-refractivity contribution in [2.24, 2.45) is 5.92 Å². The third-order valence-electron chi connectivity index (χ3n) is 3.24. The summed E-state index contributed by atoms with van der Waals surface area (Å²) in [6.45, 7) is 3.34. The summed E-state index contributed by atoms with van der Waals surface area (Å²) in [4.78, 5) is 12.1. The molecule has 2 atom stereocenters. The smallest absolute Gasteiger partial charge is 0.225 e. The van der Waals surface area contributed by atoms with E-state index in [1.54, 1.807) is 0 Å². The molecule has 1 N–H and O–H groups in total. The van der Waals surface area contributed by atoms with Crippen molar-refractivity contribution in [1.29, 1.82) is 0 Å². The minimum atomic E-state index is 0.00773. The van der Waals surface area contributed by atoms with E-state index in [0.717, 1.165) is 29.5 Å². The number of benzene rings is 1. The lowest BCUT2D eigenvalue weighted by Crippen LogP contribution is -2.36. The molecule has 0 bridgehead atoms. The molecule has 2 rings (SSSR count). The molecule has 0 aliphatic carbocycles. The molecule has 18 heavy (non-hydrogen) atoms. The predicted octanol–water partition coefficient (Wildman–Crippen LogP) is 3.05. The van der Waals surface area contributed by atoms with Gasteiger partial charge in [-0.3, -0.25) is 4.79 Å². The van der Waals surface area contributed by atoms with Gasteiger partial charge in [-0.1, -0.05) is 28.1 Å². The maximum absolute atomic E-state index is 12.1. The lowest BCUT2D eigenvalue weighted by atomic mass is 10.0. The van der Waals surface area contributed by atoms with Gasteiger partial charge in [0.2, 0.25) is 5.91 Å². The maximum atomic E-state index is 12.1. The molecule has 3 nitrogen and oxygen atoms in total. The van der Waals surface area contributed by atoms with Gasteiger partial charge in [0.25, 0.3) is 0 Å². The molecule has 0 aromatic heterocycles. The molecule has 1 amide bonds. The molecule has 0 spiro atoms. The van der Waals surface area contributed by atoms with Crippen LogP contribution >= 0.6 is 15.9 Å². The summed E-state index contributed by atoms with van der Waals surface area (Å²) in [5.74, 6) is 0.107. The average Bonchev–Trinajstić information content (AvgIpc) is 2.39. The van der Waals surface area contributed by atoms with Gasteiger partial charge in [0, 0.05) is 11.1 Å². The van der Waals surface area contributed by atoms with Crippen molar-refractivity contribution < 1.29 is 9.53 Å². The van der Waals surface area contributed by atoms with Crippen molar-refractivity contribution in [3.05, 3.63) is 34.3 Å². The van der Waals surface area contributed by atoms with Crippen LogP contribution in [0.5, 0.6) is 0 Å². The monoisotopic (exact) mass is 311 g/mol. The van der Waals surface area contributed by atoms with Crippen LogP contribution < -0.4 is 5.32 Å². The van der Waals surface area contributed by atoms with Gasteiger partial charge in [-0.25, -0.2) is 0 Å². The molecule has 0 radical (unpaired) electrons. The number of amides is 1. The van der Waals surface area contributed by atoms with Crippen LogP contribution in [-0.2, 0) is 9.53 Å². The third kappa shape index (κ3) is 3.56. The van der Waals surface area contributed by atoms with Gasteiger partial charge in [-0.05, 0) is 37.5 Å². The van der Waals surface area contributed by atoms with Crippen LogP contribution in [0.25, 0.3) is 0 Å². The molecule has 2 unspecified atom stereocenters. The van der Waals surface area contributed by atoms with Crippen molar-refractivity contribution in [2.75, 3.05) is 13.2 Å². The molecule has 98 valence electrons. The Morgan fingerprint density at radius 3 is 3.06 bits per heavy atom. The first-order chi connectivity index (χ1) is 8.66. The Bertz CT molecular complexity index is 416. The Morgan fingerprint density at radius 2 is 2.39 bits per heavy atom. The van der Waals surface area contributed by atoms with Crippen molar-refractivity contribution in [3.8, 4) is 0 Å². The van der Waals surface area contributed by atoms with Crippen LogP contribution in [-0.4, -0.2) is 19.1 Å². The third-order valence-corrected chi connectivity index (χ3v) is 3.73. The summed E-state index contributed by atoms with van der Waals surface area (Å²) >= 11 is 3.44. The molecule has 1 fully saturated rings. The fourth-order valence-electron chi connectivity index (χ4n) is 2.14. The zero-order valence-corrected chi connectivity index (χ0v) is 12.1.